The van der Waals surface area contributed by atoms with Gasteiger partial charge in [-0.05, 0) is 43.4 Å². The highest BCUT2D eigenvalue weighted by molar-refractivity contribution is 5.75. The van der Waals surface area contributed by atoms with Crippen LogP contribution in [0.2, 0.25) is 0 Å². The number of hydrogen-bond acceptors (Lipinski definition) is 1. The molecule has 14 heavy (non-hydrogen) atoms. The lowest BCUT2D eigenvalue weighted by Crippen LogP contribution is -2.31. The van der Waals surface area contributed by atoms with E-state index in [-0.39, 0.29) is 0 Å². The average Bonchev–Trinajstić information content (AvgIpc) is 1.98. The number of carbonyl (C=O) groups is 1. The SMILES string of the molecule is CC(=O)CCC1(C)CCCC(C)(C)C1. The van der Waals surface area contributed by atoms with Gasteiger partial charge in [-0.1, -0.05) is 27.2 Å². The fourth-order valence-corrected chi connectivity index (χ4v) is 3.02. The van der Waals surface area contributed by atoms with Crippen molar-refractivity contribution in [2.45, 2.75) is 66.2 Å². The zero-order chi connectivity index (χ0) is 10.8. The van der Waals surface area contributed by atoms with Gasteiger partial charge in [0.15, 0.2) is 0 Å². The Balaban J connectivity index is 2.51. The number of carbonyl (C=O) groups excluding carboxylic acids is 1. The molecule has 0 spiro atoms. The van der Waals surface area contributed by atoms with Crippen LogP contribution < -0.4 is 0 Å². The minimum Gasteiger partial charge on any atom is -0.300 e. The van der Waals surface area contributed by atoms with Gasteiger partial charge in [-0.3, -0.25) is 0 Å². The van der Waals surface area contributed by atoms with Crippen LogP contribution in [-0.2, 0) is 4.79 Å². The summed E-state index contributed by atoms with van der Waals surface area (Å²) in [5.74, 6) is 0.342. The fraction of sp³-hybridized carbons (Fsp3) is 0.923. The normalized spacial score (nSPS) is 31.4. The van der Waals surface area contributed by atoms with Gasteiger partial charge in [-0.15, -0.1) is 0 Å². The topological polar surface area (TPSA) is 17.1 Å². The van der Waals surface area contributed by atoms with Crippen molar-refractivity contribution in [1.82, 2.24) is 0 Å². The molecule has 0 N–H and O–H groups in total. The summed E-state index contributed by atoms with van der Waals surface area (Å²) in [6.07, 6.45) is 7.14. The van der Waals surface area contributed by atoms with Gasteiger partial charge >= 0.3 is 0 Å². The molecule has 1 rings (SSSR count). The molecule has 1 atom stereocenters. The third-order valence-corrected chi connectivity index (χ3v) is 3.62. The second-order valence-corrected chi connectivity index (χ2v) is 6.21. The van der Waals surface area contributed by atoms with Crippen molar-refractivity contribution in [2.24, 2.45) is 10.8 Å². The van der Waals surface area contributed by atoms with Crippen molar-refractivity contribution < 1.29 is 4.79 Å². The Bertz CT molecular complexity index is 217. The lowest BCUT2D eigenvalue weighted by Gasteiger charge is -2.43. The molecule has 1 nitrogen and oxygen atoms in total. The van der Waals surface area contributed by atoms with E-state index in [1.165, 1.54) is 25.7 Å². The van der Waals surface area contributed by atoms with E-state index in [1.54, 1.807) is 6.92 Å². The molecule has 0 heterocycles. The first-order valence-electron chi connectivity index (χ1n) is 5.83. The maximum atomic E-state index is 11.0. The van der Waals surface area contributed by atoms with Gasteiger partial charge in [0.05, 0.1) is 0 Å². The van der Waals surface area contributed by atoms with Crippen LogP contribution in [0.5, 0.6) is 0 Å². The van der Waals surface area contributed by atoms with E-state index in [0.29, 0.717) is 16.6 Å². The number of Topliss-reactive ketones (excluding diaryl/α,β-unsaturated/α-hetero) is 1. The van der Waals surface area contributed by atoms with Gasteiger partial charge in [0.1, 0.15) is 5.78 Å². The van der Waals surface area contributed by atoms with Crippen LogP contribution in [0.3, 0.4) is 0 Å². The van der Waals surface area contributed by atoms with E-state index in [9.17, 15) is 4.79 Å². The van der Waals surface area contributed by atoms with Gasteiger partial charge in [-0.2, -0.15) is 0 Å². The lowest BCUT2D eigenvalue weighted by molar-refractivity contribution is -0.117. The summed E-state index contributed by atoms with van der Waals surface area (Å²) in [5.41, 5.74) is 0.914. The predicted octanol–water partition coefficient (Wildman–Crippen LogP) is 3.96. The largest absolute Gasteiger partial charge is 0.300 e. The van der Waals surface area contributed by atoms with E-state index in [0.717, 1.165) is 12.8 Å². The third kappa shape index (κ3) is 3.43. The van der Waals surface area contributed by atoms with Gasteiger partial charge < -0.3 is 4.79 Å². The van der Waals surface area contributed by atoms with Crippen LogP contribution in [-0.4, -0.2) is 5.78 Å². The molecule has 1 unspecified atom stereocenters. The van der Waals surface area contributed by atoms with Crippen molar-refractivity contribution in [1.29, 1.82) is 0 Å². The monoisotopic (exact) mass is 196 g/mol. The fourth-order valence-electron chi connectivity index (χ4n) is 3.02. The Hall–Kier alpha value is -0.330. The van der Waals surface area contributed by atoms with E-state index < -0.39 is 0 Å². The summed E-state index contributed by atoms with van der Waals surface area (Å²) >= 11 is 0. The molecule has 1 aliphatic carbocycles. The molecule has 0 amide bonds. The minimum absolute atomic E-state index is 0.342. The molecule has 0 radical (unpaired) electrons. The highest BCUT2D eigenvalue weighted by Gasteiger charge is 2.36. The Kier molecular flexibility index (Phi) is 3.39. The smallest absolute Gasteiger partial charge is 0.129 e. The molecule has 0 aliphatic heterocycles. The van der Waals surface area contributed by atoms with Crippen LogP contribution in [0.1, 0.15) is 66.2 Å². The number of rotatable bonds is 3. The Morgan fingerprint density at radius 3 is 2.36 bits per heavy atom. The van der Waals surface area contributed by atoms with Gasteiger partial charge in [0.2, 0.25) is 0 Å². The molecule has 1 fully saturated rings. The zero-order valence-electron chi connectivity index (χ0n) is 10.2. The summed E-state index contributed by atoms with van der Waals surface area (Å²) in [5, 5.41) is 0. The Morgan fingerprint density at radius 1 is 1.21 bits per heavy atom. The molecule has 0 aromatic carbocycles. The summed E-state index contributed by atoms with van der Waals surface area (Å²) in [7, 11) is 0. The second-order valence-electron chi connectivity index (χ2n) is 6.21. The number of hydrogen-bond donors (Lipinski definition) is 0. The van der Waals surface area contributed by atoms with E-state index in [2.05, 4.69) is 20.8 Å². The van der Waals surface area contributed by atoms with Crippen LogP contribution >= 0.6 is 0 Å². The van der Waals surface area contributed by atoms with Crippen molar-refractivity contribution in [3.63, 3.8) is 0 Å². The quantitative estimate of drug-likeness (QED) is 0.667. The van der Waals surface area contributed by atoms with Crippen molar-refractivity contribution in [3.05, 3.63) is 0 Å². The first kappa shape index (κ1) is 11.7. The maximum Gasteiger partial charge on any atom is 0.129 e. The summed E-state index contributed by atoms with van der Waals surface area (Å²) in [6.45, 7) is 8.78. The second kappa shape index (κ2) is 4.04. The average molecular weight is 196 g/mol. The minimum atomic E-state index is 0.342. The molecule has 0 aromatic rings. The van der Waals surface area contributed by atoms with Crippen molar-refractivity contribution >= 4 is 5.78 Å². The summed E-state index contributed by atoms with van der Waals surface area (Å²) in [6, 6.07) is 0. The highest BCUT2D eigenvalue weighted by atomic mass is 16.1. The van der Waals surface area contributed by atoms with Crippen LogP contribution in [0.15, 0.2) is 0 Å². The molecular formula is C13H24O. The Labute approximate surface area is 88.3 Å². The first-order chi connectivity index (χ1) is 6.33. The molecule has 1 heteroatoms. The third-order valence-electron chi connectivity index (χ3n) is 3.62. The maximum absolute atomic E-state index is 11.0. The molecule has 0 bridgehead atoms. The summed E-state index contributed by atoms with van der Waals surface area (Å²) < 4.78 is 0. The van der Waals surface area contributed by atoms with Gasteiger partial charge in [0, 0.05) is 6.42 Å². The zero-order valence-corrected chi connectivity index (χ0v) is 10.2. The van der Waals surface area contributed by atoms with Gasteiger partial charge in [0.25, 0.3) is 0 Å². The predicted molar refractivity (Wildman–Crippen MR) is 60.3 cm³/mol. The molecular weight excluding hydrogens is 172 g/mol. The lowest BCUT2D eigenvalue weighted by atomic mass is 9.63. The molecule has 0 saturated heterocycles. The molecule has 1 aliphatic rings. The summed E-state index contributed by atoms with van der Waals surface area (Å²) in [4.78, 5) is 11.0. The molecule has 82 valence electrons. The van der Waals surface area contributed by atoms with Gasteiger partial charge in [-0.25, -0.2) is 0 Å². The Morgan fingerprint density at radius 2 is 1.86 bits per heavy atom. The standard InChI is InChI=1S/C13H24O/c1-11(14)6-9-13(4)8-5-7-12(2,3)10-13/h5-10H2,1-4H3. The van der Waals surface area contributed by atoms with Crippen molar-refractivity contribution in [2.75, 3.05) is 0 Å². The van der Waals surface area contributed by atoms with Crippen LogP contribution in [0, 0.1) is 10.8 Å². The molecule has 1 saturated carbocycles. The van der Waals surface area contributed by atoms with Crippen molar-refractivity contribution in [3.8, 4) is 0 Å². The van der Waals surface area contributed by atoms with Crippen LogP contribution in [0.4, 0.5) is 0 Å². The van der Waals surface area contributed by atoms with E-state index in [4.69, 9.17) is 0 Å². The van der Waals surface area contributed by atoms with E-state index in [1.807, 2.05) is 0 Å². The van der Waals surface area contributed by atoms with E-state index >= 15 is 0 Å². The van der Waals surface area contributed by atoms with Crippen LogP contribution in [0.25, 0.3) is 0 Å². The first-order valence-corrected chi connectivity index (χ1v) is 5.83. The number of ketones is 1. The highest BCUT2D eigenvalue weighted by Crippen LogP contribution is 2.48. The molecule has 0 aromatic heterocycles.